The summed E-state index contributed by atoms with van der Waals surface area (Å²) >= 11 is 0. The summed E-state index contributed by atoms with van der Waals surface area (Å²) in [6.45, 7) is 5.72. The maximum absolute atomic E-state index is 12.7. The molecule has 1 N–H and O–H groups in total. The lowest BCUT2D eigenvalue weighted by molar-refractivity contribution is 0.0766. The Labute approximate surface area is 142 Å². The van der Waals surface area contributed by atoms with Crippen LogP contribution in [-0.4, -0.2) is 36.9 Å². The van der Waals surface area contributed by atoms with E-state index in [9.17, 15) is 13.2 Å². The third kappa shape index (κ3) is 3.03. The van der Waals surface area contributed by atoms with Gasteiger partial charge in [0.2, 0.25) is 0 Å². The molecule has 1 aliphatic heterocycles. The van der Waals surface area contributed by atoms with Crippen LogP contribution in [0.5, 0.6) is 0 Å². The first-order valence-corrected chi connectivity index (χ1v) is 9.48. The first kappa shape index (κ1) is 16.6. The van der Waals surface area contributed by atoms with E-state index in [1.54, 1.807) is 27.8 Å². The van der Waals surface area contributed by atoms with Gasteiger partial charge < -0.3 is 9.47 Å². The van der Waals surface area contributed by atoms with Gasteiger partial charge in [-0.2, -0.15) is 0 Å². The topological polar surface area (TPSA) is 71.4 Å². The largest absolute Gasteiger partial charge is 0.342 e. The number of nitrogens with one attached hydrogen (secondary N) is 1. The molecule has 0 aliphatic carbocycles. The summed E-state index contributed by atoms with van der Waals surface area (Å²) in [5.74, 6) is -0.118. The zero-order valence-corrected chi connectivity index (χ0v) is 14.6. The van der Waals surface area contributed by atoms with Gasteiger partial charge in [0, 0.05) is 25.8 Å². The quantitative estimate of drug-likeness (QED) is 0.923. The Morgan fingerprint density at radius 1 is 1.21 bits per heavy atom. The predicted octanol–water partition coefficient (Wildman–Crippen LogP) is 2.46. The molecule has 1 aliphatic rings. The Morgan fingerprint density at radius 3 is 2.67 bits per heavy atom. The van der Waals surface area contributed by atoms with Crippen molar-refractivity contribution in [2.45, 2.75) is 31.7 Å². The van der Waals surface area contributed by atoms with E-state index >= 15 is 0 Å². The van der Waals surface area contributed by atoms with E-state index in [0.717, 1.165) is 12.0 Å². The molecule has 0 saturated carbocycles. The standard InChI is InChI=1S/C17H21N3O3S/c1-3-19-9-6-10-20-12-14(11-16(20)17(19)21)24(22,23)18-15-8-5-4-7-13(15)2/h4-5,7-8,11-12,18H,3,6,9-10H2,1-2H3. The second-order valence-electron chi connectivity index (χ2n) is 5.91. The van der Waals surface area contributed by atoms with Crippen molar-refractivity contribution in [3.8, 4) is 0 Å². The Bertz CT molecular complexity index is 871. The molecule has 6 nitrogen and oxygen atoms in total. The summed E-state index contributed by atoms with van der Waals surface area (Å²) < 4.78 is 29.7. The van der Waals surface area contributed by atoms with Gasteiger partial charge in [0.25, 0.3) is 15.9 Å². The fourth-order valence-electron chi connectivity index (χ4n) is 2.88. The van der Waals surface area contributed by atoms with Gasteiger partial charge in [0.1, 0.15) is 10.6 Å². The van der Waals surface area contributed by atoms with Gasteiger partial charge in [-0.15, -0.1) is 0 Å². The number of carbonyl (C=O) groups excluding carboxylic acids is 1. The van der Waals surface area contributed by atoms with E-state index < -0.39 is 10.0 Å². The molecule has 2 heterocycles. The van der Waals surface area contributed by atoms with E-state index in [1.165, 1.54) is 6.07 Å². The number of rotatable bonds is 4. The SMILES string of the molecule is CCN1CCCn2cc(S(=O)(=O)Nc3ccccc3C)cc2C1=O. The summed E-state index contributed by atoms with van der Waals surface area (Å²) in [5.41, 5.74) is 1.81. The van der Waals surface area contributed by atoms with E-state index in [2.05, 4.69) is 4.72 Å². The van der Waals surface area contributed by atoms with Crippen LogP contribution in [0.15, 0.2) is 41.4 Å². The Balaban J connectivity index is 1.95. The molecule has 0 fully saturated rings. The van der Waals surface area contributed by atoms with Crippen molar-refractivity contribution in [2.24, 2.45) is 0 Å². The number of sulfonamides is 1. The lowest BCUT2D eigenvalue weighted by Gasteiger charge is -2.17. The summed E-state index contributed by atoms with van der Waals surface area (Å²) in [6, 6.07) is 8.67. The lowest BCUT2D eigenvalue weighted by atomic mass is 10.2. The van der Waals surface area contributed by atoms with Gasteiger partial charge in [-0.25, -0.2) is 8.42 Å². The molecule has 0 atom stereocenters. The van der Waals surface area contributed by atoms with Crippen LogP contribution in [0.25, 0.3) is 0 Å². The number of carbonyl (C=O) groups is 1. The van der Waals surface area contributed by atoms with Crippen LogP contribution in [0.4, 0.5) is 5.69 Å². The number of hydrogen-bond donors (Lipinski definition) is 1. The van der Waals surface area contributed by atoms with Crippen LogP contribution in [0.2, 0.25) is 0 Å². The van der Waals surface area contributed by atoms with Crippen molar-refractivity contribution in [1.82, 2.24) is 9.47 Å². The molecule has 1 aromatic carbocycles. The van der Waals surface area contributed by atoms with Crippen molar-refractivity contribution in [3.05, 3.63) is 47.8 Å². The number of para-hydroxylation sites is 1. The number of hydrogen-bond acceptors (Lipinski definition) is 3. The van der Waals surface area contributed by atoms with E-state index in [-0.39, 0.29) is 10.8 Å². The first-order valence-electron chi connectivity index (χ1n) is 8.00. The molecule has 2 aromatic rings. The Kier molecular flexibility index (Phi) is 4.36. The molecule has 3 rings (SSSR count). The summed E-state index contributed by atoms with van der Waals surface area (Å²) in [7, 11) is -3.73. The number of fused-ring (bicyclic) bond motifs is 1. The predicted molar refractivity (Wildman–Crippen MR) is 92.6 cm³/mol. The molecule has 0 unspecified atom stereocenters. The molecule has 0 radical (unpaired) electrons. The van der Waals surface area contributed by atoms with E-state index in [0.29, 0.717) is 31.0 Å². The van der Waals surface area contributed by atoms with Gasteiger partial charge >= 0.3 is 0 Å². The third-order valence-corrected chi connectivity index (χ3v) is 5.62. The smallest absolute Gasteiger partial charge is 0.270 e. The minimum atomic E-state index is -3.73. The molecule has 24 heavy (non-hydrogen) atoms. The molecule has 0 saturated heterocycles. The molecule has 0 bridgehead atoms. The van der Waals surface area contributed by atoms with Gasteiger partial charge in [0.15, 0.2) is 0 Å². The molecular formula is C17H21N3O3S. The number of nitrogens with zero attached hydrogens (tertiary/aromatic N) is 2. The summed E-state index contributed by atoms with van der Waals surface area (Å²) in [6.07, 6.45) is 2.36. The molecule has 128 valence electrons. The van der Waals surface area contributed by atoms with E-state index in [4.69, 9.17) is 0 Å². The van der Waals surface area contributed by atoms with Crippen LogP contribution < -0.4 is 4.72 Å². The number of aryl methyl sites for hydroxylation is 2. The molecule has 0 spiro atoms. The van der Waals surface area contributed by atoms with Crippen LogP contribution >= 0.6 is 0 Å². The first-order chi connectivity index (χ1) is 11.4. The van der Waals surface area contributed by atoms with Crippen LogP contribution in [0.3, 0.4) is 0 Å². The second kappa shape index (κ2) is 6.32. The summed E-state index contributed by atoms with van der Waals surface area (Å²) in [4.78, 5) is 14.4. The highest BCUT2D eigenvalue weighted by Gasteiger charge is 2.26. The fraction of sp³-hybridized carbons (Fsp3) is 0.353. The zero-order chi connectivity index (χ0) is 17.3. The molecule has 1 aromatic heterocycles. The van der Waals surface area contributed by atoms with Crippen molar-refractivity contribution >= 4 is 21.6 Å². The Morgan fingerprint density at radius 2 is 1.96 bits per heavy atom. The molecule has 1 amide bonds. The number of anilines is 1. The van der Waals surface area contributed by atoms with Crippen LogP contribution in [0.1, 0.15) is 29.4 Å². The van der Waals surface area contributed by atoms with Crippen LogP contribution in [0, 0.1) is 6.92 Å². The lowest BCUT2D eigenvalue weighted by Crippen LogP contribution is -2.30. The highest BCUT2D eigenvalue weighted by molar-refractivity contribution is 7.92. The minimum absolute atomic E-state index is 0.118. The van der Waals surface area contributed by atoms with Crippen molar-refractivity contribution in [1.29, 1.82) is 0 Å². The number of amides is 1. The summed E-state index contributed by atoms with van der Waals surface area (Å²) in [5, 5.41) is 0. The minimum Gasteiger partial charge on any atom is -0.342 e. The van der Waals surface area contributed by atoms with Crippen LogP contribution in [-0.2, 0) is 16.6 Å². The average Bonchev–Trinajstić information content (AvgIpc) is 2.92. The van der Waals surface area contributed by atoms with Crippen molar-refractivity contribution in [3.63, 3.8) is 0 Å². The molecule has 7 heteroatoms. The fourth-order valence-corrected chi connectivity index (χ4v) is 4.05. The number of aromatic nitrogens is 1. The second-order valence-corrected chi connectivity index (χ2v) is 7.60. The van der Waals surface area contributed by atoms with Gasteiger partial charge in [-0.05, 0) is 38.0 Å². The number of benzene rings is 1. The van der Waals surface area contributed by atoms with Gasteiger partial charge in [-0.3, -0.25) is 9.52 Å². The molecular weight excluding hydrogens is 326 g/mol. The van der Waals surface area contributed by atoms with E-state index in [1.807, 2.05) is 26.0 Å². The Hall–Kier alpha value is -2.28. The average molecular weight is 347 g/mol. The zero-order valence-electron chi connectivity index (χ0n) is 13.8. The van der Waals surface area contributed by atoms with Crippen molar-refractivity contribution in [2.75, 3.05) is 17.8 Å². The van der Waals surface area contributed by atoms with Crippen molar-refractivity contribution < 1.29 is 13.2 Å². The van der Waals surface area contributed by atoms with Gasteiger partial charge in [-0.1, -0.05) is 18.2 Å². The normalized spacial score (nSPS) is 15.1. The maximum Gasteiger partial charge on any atom is 0.270 e. The monoisotopic (exact) mass is 347 g/mol. The van der Waals surface area contributed by atoms with Gasteiger partial charge in [0.05, 0.1) is 5.69 Å². The maximum atomic E-state index is 12.7. The third-order valence-electron chi connectivity index (χ3n) is 4.29. The highest BCUT2D eigenvalue weighted by atomic mass is 32.2. The highest BCUT2D eigenvalue weighted by Crippen LogP contribution is 2.23.